The highest BCUT2D eigenvalue weighted by atomic mass is 16.2. The minimum atomic E-state index is -0.406. The van der Waals surface area contributed by atoms with Gasteiger partial charge < -0.3 is 10.6 Å². The van der Waals surface area contributed by atoms with E-state index in [1.54, 1.807) is 6.92 Å². The van der Waals surface area contributed by atoms with E-state index >= 15 is 0 Å². The van der Waals surface area contributed by atoms with Crippen LogP contribution in [0, 0.1) is 0 Å². The van der Waals surface area contributed by atoms with Crippen molar-refractivity contribution < 1.29 is 9.59 Å². The number of amides is 2. The Balaban J connectivity index is 1.63. The van der Waals surface area contributed by atoms with Gasteiger partial charge in [-0.1, -0.05) is 54.6 Å². The maximum atomic E-state index is 12.3. The fourth-order valence-electron chi connectivity index (χ4n) is 4.67. The molecule has 160 valence electrons. The van der Waals surface area contributed by atoms with Gasteiger partial charge in [0.05, 0.1) is 0 Å². The molecular formula is C25H33N3O2. The van der Waals surface area contributed by atoms with E-state index in [0.717, 1.165) is 31.2 Å². The van der Waals surface area contributed by atoms with Crippen molar-refractivity contribution in [2.75, 3.05) is 14.1 Å². The second-order valence-corrected chi connectivity index (χ2v) is 8.57. The van der Waals surface area contributed by atoms with Crippen molar-refractivity contribution in [3.05, 3.63) is 71.3 Å². The lowest BCUT2D eigenvalue weighted by atomic mass is 9.80. The molecule has 30 heavy (non-hydrogen) atoms. The first-order chi connectivity index (χ1) is 14.4. The summed E-state index contributed by atoms with van der Waals surface area (Å²) >= 11 is 0. The quantitative estimate of drug-likeness (QED) is 0.758. The van der Waals surface area contributed by atoms with E-state index in [1.165, 1.54) is 11.1 Å². The van der Waals surface area contributed by atoms with E-state index in [0.29, 0.717) is 18.5 Å². The molecule has 0 aromatic heterocycles. The standard InChI is InChI=1S/C25H33N3O2/c1-18(29)28(17-19-7-5-4-6-8-19)23-15-13-21(14-16-23)20-9-11-22(12-10-20)24(25(26)30)27(2)3/h4-12,21,23-24H,13-17H2,1-3H3,(H2,26,30)/t21-,23-,24?. The molecule has 0 radical (unpaired) electrons. The third kappa shape index (κ3) is 5.28. The summed E-state index contributed by atoms with van der Waals surface area (Å²) in [6, 6.07) is 18.4. The Morgan fingerprint density at radius 3 is 2.07 bits per heavy atom. The Kier molecular flexibility index (Phi) is 7.27. The minimum absolute atomic E-state index is 0.146. The average molecular weight is 408 g/mol. The summed E-state index contributed by atoms with van der Waals surface area (Å²) in [4.78, 5) is 27.9. The number of carbonyl (C=O) groups excluding carboxylic acids is 2. The van der Waals surface area contributed by atoms with Crippen molar-refractivity contribution in [3.63, 3.8) is 0 Å². The van der Waals surface area contributed by atoms with Crippen molar-refractivity contribution in [1.29, 1.82) is 0 Å². The van der Waals surface area contributed by atoms with E-state index in [2.05, 4.69) is 24.3 Å². The second kappa shape index (κ2) is 9.90. The van der Waals surface area contributed by atoms with Gasteiger partial charge in [0, 0.05) is 19.5 Å². The number of benzene rings is 2. The number of nitrogens with two attached hydrogens (primary N) is 1. The summed E-state index contributed by atoms with van der Waals surface area (Å²) < 4.78 is 0. The Labute approximate surface area is 179 Å². The van der Waals surface area contributed by atoms with Crippen LogP contribution >= 0.6 is 0 Å². The average Bonchev–Trinajstić information content (AvgIpc) is 2.73. The molecule has 1 atom stereocenters. The highest BCUT2D eigenvalue weighted by molar-refractivity contribution is 5.81. The van der Waals surface area contributed by atoms with E-state index < -0.39 is 6.04 Å². The lowest BCUT2D eigenvalue weighted by Gasteiger charge is -2.37. The van der Waals surface area contributed by atoms with Crippen LogP contribution in [0.25, 0.3) is 0 Å². The lowest BCUT2D eigenvalue weighted by molar-refractivity contribution is -0.132. The van der Waals surface area contributed by atoms with Crippen LogP contribution in [0.15, 0.2) is 54.6 Å². The van der Waals surface area contributed by atoms with Crippen LogP contribution in [-0.2, 0) is 16.1 Å². The molecule has 1 aliphatic rings. The van der Waals surface area contributed by atoms with Gasteiger partial charge in [-0.25, -0.2) is 0 Å². The number of primary amides is 1. The molecule has 1 unspecified atom stereocenters. The fourth-order valence-corrected chi connectivity index (χ4v) is 4.67. The summed E-state index contributed by atoms with van der Waals surface area (Å²) in [5.41, 5.74) is 8.97. The van der Waals surface area contributed by atoms with Gasteiger partial charge in [-0.15, -0.1) is 0 Å². The van der Waals surface area contributed by atoms with Crippen molar-refractivity contribution in [2.24, 2.45) is 5.73 Å². The molecule has 0 spiro atoms. The maximum absolute atomic E-state index is 12.3. The summed E-state index contributed by atoms with van der Waals surface area (Å²) in [5.74, 6) is 0.302. The first kappa shape index (κ1) is 22.0. The molecule has 5 nitrogen and oxygen atoms in total. The molecule has 3 rings (SSSR count). The van der Waals surface area contributed by atoms with Crippen LogP contribution in [0.3, 0.4) is 0 Å². The van der Waals surface area contributed by atoms with Gasteiger partial charge in [-0.2, -0.15) is 0 Å². The van der Waals surface area contributed by atoms with Crippen LogP contribution in [-0.4, -0.2) is 41.8 Å². The molecule has 0 heterocycles. The number of likely N-dealkylation sites (N-methyl/N-ethyl adjacent to an activating group) is 1. The van der Waals surface area contributed by atoms with Gasteiger partial charge >= 0.3 is 0 Å². The van der Waals surface area contributed by atoms with Crippen LogP contribution in [0.1, 0.15) is 61.3 Å². The Morgan fingerprint density at radius 2 is 1.57 bits per heavy atom. The zero-order chi connectivity index (χ0) is 21.7. The van der Waals surface area contributed by atoms with Crippen molar-refractivity contribution in [2.45, 2.75) is 57.2 Å². The van der Waals surface area contributed by atoms with Gasteiger partial charge in [0.1, 0.15) is 6.04 Å². The number of hydrogen-bond donors (Lipinski definition) is 1. The minimum Gasteiger partial charge on any atom is -0.368 e. The topological polar surface area (TPSA) is 66.6 Å². The monoisotopic (exact) mass is 407 g/mol. The van der Waals surface area contributed by atoms with Crippen LogP contribution < -0.4 is 5.73 Å². The predicted molar refractivity (Wildman–Crippen MR) is 120 cm³/mol. The van der Waals surface area contributed by atoms with E-state index in [-0.39, 0.29) is 11.8 Å². The first-order valence-corrected chi connectivity index (χ1v) is 10.7. The van der Waals surface area contributed by atoms with Crippen molar-refractivity contribution >= 4 is 11.8 Å². The summed E-state index contributed by atoms with van der Waals surface area (Å²) in [6.07, 6.45) is 4.16. The molecule has 0 saturated heterocycles. The fraction of sp³-hybridized carbons (Fsp3) is 0.440. The molecule has 0 bridgehead atoms. The highest BCUT2D eigenvalue weighted by Crippen LogP contribution is 2.36. The molecule has 0 aliphatic heterocycles. The maximum Gasteiger partial charge on any atom is 0.239 e. The van der Waals surface area contributed by atoms with Gasteiger partial charge in [0.25, 0.3) is 0 Å². The summed E-state index contributed by atoms with van der Waals surface area (Å²) in [7, 11) is 3.72. The second-order valence-electron chi connectivity index (χ2n) is 8.57. The van der Waals surface area contributed by atoms with Gasteiger partial charge in [-0.05, 0) is 62.4 Å². The zero-order valence-electron chi connectivity index (χ0n) is 18.3. The summed E-state index contributed by atoms with van der Waals surface area (Å²) in [6.45, 7) is 2.35. The first-order valence-electron chi connectivity index (χ1n) is 10.7. The molecule has 1 aliphatic carbocycles. The molecule has 1 fully saturated rings. The van der Waals surface area contributed by atoms with Crippen LogP contribution in [0.2, 0.25) is 0 Å². The molecule has 2 aromatic rings. The molecule has 2 aromatic carbocycles. The molecule has 1 saturated carbocycles. The number of nitrogens with zero attached hydrogens (tertiary/aromatic N) is 2. The third-order valence-corrected chi connectivity index (χ3v) is 6.25. The highest BCUT2D eigenvalue weighted by Gasteiger charge is 2.28. The smallest absolute Gasteiger partial charge is 0.239 e. The zero-order valence-corrected chi connectivity index (χ0v) is 18.3. The molecule has 5 heteroatoms. The predicted octanol–water partition coefficient (Wildman–Crippen LogP) is 3.85. The van der Waals surface area contributed by atoms with Crippen molar-refractivity contribution in [1.82, 2.24) is 9.80 Å². The van der Waals surface area contributed by atoms with E-state index in [4.69, 9.17) is 5.73 Å². The Bertz CT molecular complexity index is 840. The molecule has 2 N–H and O–H groups in total. The van der Waals surface area contributed by atoms with Gasteiger partial charge in [0.15, 0.2) is 0 Å². The van der Waals surface area contributed by atoms with Gasteiger partial charge in [-0.3, -0.25) is 14.5 Å². The lowest BCUT2D eigenvalue weighted by Crippen LogP contribution is -2.40. The molecular weight excluding hydrogens is 374 g/mol. The number of hydrogen-bond acceptors (Lipinski definition) is 3. The third-order valence-electron chi connectivity index (χ3n) is 6.25. The number of rotatable bonds is 7. The molecule has 2 amide bonds. The normalized spacial score (nSPS) is 20.0. The van der Waals surface area contributed by atoms with E-state index in [1.807, 2.05) is 54.2 Å². The Hall–Kier alpha value is -2.66. The van der Waals surface area contributed by atoms with Crippen molar-refractivity contribution in [3.8, 4) is 0 Å². The largest absolute Gasteiger partial charge is 0.368 e. The van der Waals surface area contributed by atoms with E-state index in [9.17, 15) is 9.59 Å². The summed E-state index contributed by atoms with van der Waals surface area (Å²) in [5, 5.41) is 0. The van der Waals surface area contributed by atoms with Gasteiger partial charge in [0.2, 0.25) is 11.8 Å². The Morgan fingerprint density at radius 1 is 0.967 bits per heavy atom. The number of carbonyl (C=O) groups is 2. The van der Waals surface area contributed by atoms with Crippen LogP contribution in [0.5, 0.6) is 0 Å². The SMILES string of the molecule is CC(=O)N(Cc1ccccc1)[C@H]1CC[C@H](c2ccc(C(C(N)=O)N(C)C)cc2)CC1. The van der Waals surface area contributed by atoms with Crippen LogP contribution in [0.4, 0.5) is 0 Å².